The van der Waals surface area contributed by atoms with Gasteiger partial charge in [-0.25, -0.2) is 4.98 Å². The summed E-state index contributed by atoms with van der Waals surface area (Å²) < 4.78 is 1.79. The number of nitriles is 1. The highest BCUT2D eigenvalue weighted by Crippen LogP contribution is 2.36. The molecule has 0 spiro atoms. The Morgan fingerprint density at radius 1 is 1.46 bits per heavy atom. The first-order valence-corrected chi connectivity index (χ1v) is 10.2. The highest BCUT2D eigenvalue weighted by Gasteiger charge is 2.25. The molecule has 3 rings (SSSR count). The molecule has 24 heavy (non-hydrogen) atoms. The second-order valence-corrected chi connectivity index (χ2v) is 9.52. The number of nitrogens with zero attached hydrogens (tertiary/aromatic N) is 3. The molecule has 128 valence electrons. The van der Waals surface area contributed by atoms with Crippen LogP contribution in [0.3, 0.4) is 0 Å². The lowest BCUT2D eigenvalue weighted by Gasteiger charge is -2.18. The monoisotopic (exact) mass is 361 g/mol. The first kappa shape index (κ1) is 17.5. The topological polar surface area (TPSA) is 58.7 Å². The average molecular weight is 362 g/mol. The molecule has 0 fully saturated rings. The number of fused-ring (bicyclic) bond motifs is 3. The standard InChI is InChI=1S/C18H23N3OS2/c1-10(2)9-21-17(22)15-13-6-5-11(3)7-14(13)24-16(15)20-18(21)23-12(4)8-19/h10-12H,5-7,9H2,1-4H3/t11-,12+/m1/s1. The van der Waals surface area contributed by atoms with E-state index in [2.05, 4.69) is 26.8 Å². The summed E-state index contributed by atoms with van der Waals surface area (Å²) in [7, 11) is 0. The second-order valence-electron chi connectivity index (χ2n) is 7.13. The lowest BCUT2D eigenvalue weighted by molar-refractivity contribution is 0.474. The number of rotatable bonds is 4. The van der Waals surface area contributed by atoms with Crippen LogP contribution >= 0.6 is 23.1 Å². The fraction of sp³-hybridized carbons (Fsp3) is 0.611. The Labute approximate surface area is 150 Å². The lowest BCUT2D eigenvalue weighted by Crippen LogP contribution is -2.26. The summed E-state index contributed by atoms with van der Waals surface area (Å²) >= 11 is 3.06. The van der Waals surface area contributed by atoms with E-state index >= 15 is 0 Å². The molecule has 2 aromatic heterocycles. The SMILES string of the molecule is CC(C)Cn1c(S[C@@H](C)C#N)nc2sc3c(c2c1=O)CC[C@@H](C)C3. The van der Waals surface area contributed by atoms with Gasteiger partial charge >= 0.3 is 0 Å². The van der Waals surface area contributed by atoms with Gasteiger partial charge in [-0.3, -0.25) is 9.36 Å². The molecule has 1 aliphatic rings. The van der Waals surface area contributed by atoms with Gasteiger partial charge in [0.25, 0.3) is 5.56 Å². The Balaban J connectivity index is 2.20. The maximum atomic E-state index is 13.2. The van der Waals surface area contributed by atoms with E-state index in [-0.39, 0.29) is 10.8 Å². The summed E-state index contributed by atoms with van der Waals surface area (Å²) in [5.74, 6) is 1.03. The molecular weight excluding hydrogens is 338 g/mol. The van der Waals surface area contributed by atoms with Crippen molar-refractivity contribution in [3.63, 3.8) is 0 Å². The Hall–Kier alpha value is -1.32. The maximum absolute atomic E-state index is 13.2. The van der Waals surface area contributed by atoms with Gasteiger partial charge in [0.2, 0.25) is 0 Å². The van der Waals surface area contributed by atoms with Gasteiger partial charge in [-0.2, -0.15) is 5.26 Å². The van der Waals surface area contributed by atoms with Crippen molar-refractivity contribution in [3.05, 3.63) is 20.8 Å². The van der Waals surface area contributed by atoms with Crippen LogP contribution in [0, 0.1) is 23.2 Å². The van der Waals surface area contributed by atoms with Crippen molar-refractivity contribution in [2.24, 2.45) is 11.8 Å². The van der Waals surface area contributed by atoms with Crippen molar-refractivity contribution in [3.8, 4) is 6.07 Å². The van der Waals surface area contributed by atoms with Gasteiger partial charge in [-0.1, -0.05) is 32.5 Å². The van der Waals surface area contributed by atoms with Crippen molar-refractivity contribution in [1.29, 1.82) is 5.26 Å². The molecule has 0 amide bonds. The number of hydrogen-bond donors (Lipinski definition) is 0. The molecule has 0 radical (unpaired) electrons. The second kappa shape index (κ2) is 6.89. The van der Waals surface area contributed by atoms with Crippen LogP contribution in [-0.2, 0) is 19.4 Å². The maximum Gasteiger partial charge on any atom is 0.263 e. The van der Waals surface area contributed by atoms with Crippen LogP contribution in [0.15, 0.2) is 9.95 Å². The zero-order chi connectivity index (χ0) is 17.4. The highest BCUT2D eigenvalue weighted by molar-refractivity contribution is 8.00. The lowest BCUT2D eigenvalue weighted by atomic mass is 9.89. The summed E-state index contributed by atoms with van der Waals surface area (Å²) in [4.78, 5) is 20.2. The van der Waals surface area contributed by atoms with Gasteiger partial charge in [0.05, 0.1) is 16.7 Å². The molecule has 0 N–H and O–H groups in total. The Morgan fingerprint density at radius 2 is 2.21 bits per heavy atom. The molecule has 0 saturated heterocycles. The third-order valence-corrected chi connectivity index (χ3v) is 6.52. The quantitative estimate of drug-likeness (QED) is 0.603. The minimum Gasteiger partial charge on any atom is -0.287 e. The van der Waals surface area contributed by atoms with Crippen LogP contribution < -0.4 is 5.56 Å². The molecule has 4 nitrogen and oxygen atoms in total. The molecule has 6 heteroatoms. The third-order valence-electron chi connectivity index (χ3n) is 4.39. The molecule has 2 heterocycles. The summed E-state index contributed by atoms with van der Waals surface area (Å²) in [6.07, 6.45) is 3.18. The summed E-state index contributed by atoms with van der Waals surface area (Å²) in [5, 5.41) is 10.4. The molecule has 0 saturated carbocycles. The zero-order valence-electron chi connectivity index (χ0n) is 14.6. The van der Waals surface area contributed by atoms with Gasteiger partial charge in [-0.05, 0) is 43.6 Å². The van der Waals surface area contributed by atoms with Crippen LogP contribution in [0.5, 0.6) is 0 Å². The average Bonchev–Trinajstić information content (AvgIpc) is 2.87. The van der Waals surface area contributed by atoms with Crippen LogP contribution in [-0.4, -0.2) is 14.8 Å². The van der Waals surface area contributed by atoms with Crippen molar-refractivity contribution in [2.45, 2.75) is 63.9 Å². The molecule has 0 aliphatic heterocycles. The number of aryl methyl sites for hydroxylation is 1. The molecule has 2 atom stereocenters. The minimum atomic E-state index is -0.220. The summed E-state index contributed by atoms with van der Waals surface area (Å²) in [5.41, 5.74) is 1.31. The van der Waals surface area contributed by atoms with Gasteiger partial charge in [0.1, 0.15) is 4.83 Å². The van der Waals surface area contributed by atoms with Crippen LogP contribution in [0.4, 0.5) is 0 Å². The van der Waals surface area contributed by atoms with E-state index in [1.54, 1.807) is 15.9 Å². The van der Waals surface area contributed by atoms with E-state index in [0.717, 1.165) is 29.5 Å². The van der Waals surface area contributed by atoms with Crippen molar-refractivity contribution in [2.75, 3.05) is 0 Å². The number of aromatic nitrogens is 2. The first-order valence-electron chi connectivity index (χ1n) is 8.52. The fourth-order valence-corrected chi connectivity index (χ4v) is 5.43. The zero-order valence-corrected chi connectivity index (χ0v) is 16.3. The van der Waals surface area contributed by atoms with Crippen LogP contribution in [0.25, 0.3) is 10.2 Å². The van der Waals surface area contributed by atoms with Gasteiger partial charge in [0, 0.05) is 11.4 Å². The van der Waals surface area contributed by atoms with E-state index in [0.29, 0.717) is 23.5 Å². The Bertz CT molecular complexity index is 860. The van der Waals surface area contributed by atoms with Crippen LogP contribution in [0.2, 0.25) is 0 Å². The number of thiophene rings is 1. The molecule has 2 aromatic rings. The van der Waals surface area contributed by atoms with Gasteiger partial charge in [-0.15, -0.1) is 11.3 Å². The van der Waals surface area contributed by atoms with Crippen molar-refractivity contribution >= 4 is 33.3 Å². The summed E-state index contributed by atoms with van der Waals surface area (Å²) in [6.45, 7) is 8.96. The highest BCUT2D eigenvalue weighted by atomic mass is 32.2. The smallest absolute Gasteiger partial charge is 0.263 e. The van der Waals surface area contributed by atoms with Crippen molar-refractivity contribution in [1.82, 2.24) is 9.55 Å². The van der Waals surface area contributed by atoms with Crippen molar-refractivity contribution < 1.29 is 0 Å². The number of hydrogen-bond acceptors (Lipinski definition) is 5. The predicted octanol–water partition coefficient (Wildman–Crippen LogP) is 4.24. The van der Waals surface area contributed by atoms with E-state index in [1.165, 1.54) is 22.2 Å². The van der Waals surface area contributed by atoms with E-state index in [9.17, 15) is 4.79 Å². The van der Waals surface area contributed by atoms with E-state index < -0.39 is 0 Å². The van der Waals surface area contributed by atoms with Gasteiger partial charge in [0.15, 0.2) is 5.16 Å². The molecule has 0 aromatic carbocycles. The number of thioether (sulfide) groups is 1. The molecular formula is C18H23N3OS2. The summed E-state index contributed by atoms with van der Waals surface area (Å²) in [6, 6.07) is 2.23. The Kier molecular flexibility index (Phi) is 5.03. The van der Waals surface area contributed by atoms with Crippen LogP contribution in [0.1, 0.15) is 44.6 Å². The largest absolute Gasteiger partial charge is 0.287 e. The normalized spacial score (nSPS) is 18.6. The Morgan fingerprint density at radius 3 is 2.88 bits per heavy atom. The first-order chi connectivity index (χ1) is 11.4. The fourth-order valence-electron chi connectivity index (χ4n) is 3.21. The molecule has 1 aliphatic carbocycles. The minimum absolute atomic E-state index is 0.0772. The predicted molar refractivity (Wildman–Crippen MR) is 101 cm³/mol. The third kappa shape index (κ3) is 3.25. The molecule has 0 bridgehead atoms. The van der Waals surface area contributed by atoms with Gasteiger partial charge < -0.3 is 0 Å². The molecule has 0 unspecified atom stereocenters. The van der Waals surface area contributed by atoms with E-state index in [1.807, 2.05) is 6.92 Å². The van der Waals surface area contributed by atoms with E-state index in [4.69, 9.17) is 10.2 Å².